The average Bonchev–Trinajstić information content (AvgIpc) is 3.05. The van der Waals surface area contributed by atoms with Crippen molar-refractivity contribution in [2.75, 3.05) is 18.0 Å². The first-order valence-electron chi connectivity index (χ1n) is 8.09. The molecule has 0 spiro atoms. The van der Waals surface area contributed by atoms with Gasteiger partial charge in [-0.3, -0.25) is 0 Å². The van der Waals surface area contributed by atoms with Crippen LogP contribution in [0.25, 0.3) is 10.2 Å². The fourth-order valence-corrected chi connectivity index (χ4v) is 3.74. The van der Waals surface area contributed by atoms with Crippen LogP contribution >= 0.6 is 11.3 Å². The Morgan fingerprint density at radius 3 is 2.65 bits per heavy atom. The molecule has 0 aliphatic carbocycles. The third-order valence-corrected chi connectivity index (χ3v) is 5.25. The molecule has 3 nitrogen and oxygen atoms in total. The van der Waals surface area contributed by atoms with Crippen molar-refractivity contribution in [3.63, 3.8) is 0 Å². The lowest BCUT2D eigenvalue weighted by Crippen LogP contribution is -2.38. The highest BCUT2D eigenvalue weighted by atomic mass is 32.1. The summed E-state index contributed by atoms with van der Waals surface area (Å²) in [6.07, 6.45) is 2.43. The second-order valence-electron chi connectivity index (χ2n) is 6.12. The zero-order chi connectivity index (χ0) is 15.6. The van der Waals surface area contributed by atoms with Crippen LogP contribution < -0.4 is 9.64 Å². The number of thiazole rings is 1. The van der Waals surface area contributed by atoms with Crippen LogP contribution in [0, 0.1) is 6.92 Å². The molecule has 0 unspecified atom stereocenters. The molecule has 2 heterocycles. The highest BCUT2D eigenvalue weighted by Gasteiger charge is 2.21. The third-order valence-electron chi connectivity index (χ3n) is 4.44. The van der Waals surface area contributed by atoms with E-state index in [2.05, 4.69) is 59.3 Å². The zero-order valence-corrected chi connectivity index (χ0v) is 14.1. The second kappa shape index (κ2) is 6.20. The maximum atomic E-state index is 6.11. The van der Waals surface area contributed by atoms with Crippen LogP contribution in [0.5, 0.6) is 5.75 Å². The van der Waals surface area contributed by atoms with Gasteiger partial charge in [-0.05, 0) is 37.3 Å². The minimum absolute atomic E-state index is 0.317. The summed E-state index contributed by atoms with van der Waals surface area (Å²) in [6, 6.07) is 14.9. The van der Waals surface area contributed by atoms with Crippen molar-refractivity contribution in [2.45, 2.75) is 25.9 Å². The van der Waals surface area contributed by atoms with Gasteiger partial charge in [-0.1, -0.05) is 17.7 Å². The summed E-state index contributed by atoms with van der Waals surface area (Å²) in [6.45, 7) is 4.17. The summed E-state index contributed by atoms with van der Waals surface area (Å²) in [4.78, 5) is 6.86. The van der Waals surface area contributed by atoms with Gasteiger partial charge in [0, 0.05) is 31.6 Å². The summed E-state index contributed by atoms with van der Waals surface area (Å²) in [5, 5.41) is 0. The van der Waals surface area contributed by atoms with Gasteiger partial charge in [-0.15, -0.1) is 11.3 Å². The van der Waals surface area contributed by atoms with Crippen LogP contribution in [-0.2, 0) is 0 Å². The van der Waals surface area contributed by atoms with E-state index in [1.54, 1.807) is 11.3 Å². The molecule has 1 saturated heterocycles. The van der Waals surface area contributed by atoms with Gasteiger partial charge in [0.1, 0.15) is 11.9 Å². The predicted molar refractivity (Wildman–Crippen MR) is 96.7 cm³/mol. The molecule has 2 aromatic carbocycles. The van der Waals surface area contributed by atoms with E-state index >= 15 is 0 Å². The van der Waals surface area contributed by atoms with Crippen LogP contribution in [0.1, 0.15) is 18.4 Å². The molecule has 23 heavy (non-hydrogen) atoms. The van der Waals surface area contributed by atoms with E-state index in [0.717, 1.165) is 37.2 Å². The van der Waals surface area contributed by atoms with Gasteiger partial charge in [0.2, 0.25) is 0 Å². The molecule has 0 bridgehead atoms. The fraction of sp³-hybridized carbons (Fsp3) is 0.316. The van der Waals surface area contributed by atoms with E-state index < -0.39 is 0 Å². The number of benzene rings is 2. The van der Waals surface area contributed by atoms with Crippen LogP contribution in [0.3, 0.4) is 0 Å². The highest BCUT2D eigenvalue weighted by Crippen LogP contribution is 2.27. The van der Waals surface area contributed by atoms with Gasteiger partial charge in [0.15, 0.2) is 0 Å². The number of ether oxygens (including phenoxy) is 1. The Morgan fingerprint density at radius 2 is 1.87 bits per heavy atom. The molecule has 1 fully saturated rings. The molecular formula is C19H20N2OS. The molecule has 118 valence electrons. The van der Waals surface area contributed by atoms with Gasteiger partial charge < -0.3 is 9.64 Å². The normalized spacial score (nSPS) is 16.0. The molecule has 4 rings (SSSR count). The van der Waals surface area contributed by atoms with E-state index in [4.69, 9.17) is 4.74 Å². The lowest BCUT2D eigenvalue weighted by molar-refractivity contribution is 0.171. The van der Waals surface area contributed by atoms with Crippen molar-refractivity contribution < 1.29 is 4.74 Å². The number of piperidine rings is 1. The fourth-order valence-electron chi connectivity index (χ4n) is 3.08. The van der Waals surface area contributed by atoms with Crippen molar-refractivity contribution in [3.8, 4) is 5.75 Å². The first-order chi connectivity index (χ1) is 11.3. The van der Waals surface area contributed by atoms with E-state index in [-0.39, 0.29) is 0 Å². The highest BCUT2D eigenvalue weighted by molar-refractivity contribution is 7.16. The first-order valence-corrected chi connectivity index (χ1v) is 8.97. The lowest BCUT2D eigenvalue weighted by Gasteiger charge is -2.33. The van der Waals surface area contributed by atoms with Gasteiger partial charge >= 0.3 is 0 Å². The van der Waals surface area contributed by atoms with Gasteiger partial charge in [-0.25, -0.2) is 4.98 Å². The minimum atomic E-state index is 0.317. The number of hydrogen-bond acceptors (Lipinski definition) is 4. The van der Waals surface area contributed by atoms with Crippen molar-refractivity contribution in [3.05, 3.63) is 53.5 Å². The Kier molecular flexibility index (Phi) is 3.92. The average molecular weight is 324 g/mol. The Labute approximate surface area is 140 Å². The molecule has 1 aliphatic heterocycles. The molecule has 3 aromatic rings. The van der Waals surface area contributed by atoms with Gasteiger partial charge in [-0.2, -0.15) is 0 Å². The third kappa shape index (κ3) is 3.17. The van der Waals surface area contributed by atoms with Crippen LogP contribution in [0.2, 0.25) is 0 Å². The van der Waals surface area contributed by atoms with Gasteiger partial charge in [0.05, 0.1) is 15.7 Å². The first kappa shape index (κ1) is 14.5. The standard InChI is InChI=1S/C19H20N2OS/c1-14-2-5-16(6-3-14)22-17-8-10-21(11-9-17)15-4-7-19-18(12-15)20-13-23-19/h2-7,12-13,17H,8-11H2,1H3. The molecule has 0 saturated carbocycles. The Hall–Kier alpha value is -2.07. The van der Waals surface area contributed by atoms with E-state index in [1.165, 1.54) is 16.0 Å². The van der Waals surface area contributed by atoms with Crippen LogP contribution in [0.4, 0.5) is 5.69 Å². The monoisotopic (exact) mass is 324 g/mol. The number of anilines is 1. The van der Waals surface area contributed by atoms with Crippen molar-refractivity contribution in [1.29, 1.82) is 0 Å². The minimum Gasteiger partial charge on any atom is -0.490 e. The molecule has 0 radical (unpaired) electrons. The summed E-state index contributed by atoms with van der Waals surface area (Å²) in [5.41, 5.74) is 5.56. The van der Waals surface area contributed by atoms with Crippen LogP contribution in [0.15, 0.2) is 48.0 Å². The van der Waals surface area contributed by atoms with Crippen molar-refractivity contribution in [2.24, 2.45) is 0 Å². The predicted octanol–water partition coefficient (Wildman–Crippen LogP) is 4.65. The Balaban J connectivity index is 1.39. The molecule has 1 aliphatic rings. The number of rotatable bonds is 3. The SMILES string of the molecule is Cc1ccc(OC2CCN(c3ccc4scnc4c3)CC2)cc1. The molecule has 0 N–H and O–H groups in total. The number of aryl methyl sites for hydroxylation is 1. The summed E-state index contributed by atoms with van der Waals surface area (Å²) < 4.78 is 7.37. The molecule has 1 aromatic heterocycles. The maximum Gasteiger partial charge on any atom is 0.119 e. The van der Waals surface area contributed by atoms with Crippen molar-refractivity contribution >= 4 is 27.2 Å². The largest absolute Gasteiger partial charge is 0.490 e. The zero-order valence-electron chi connectivity index (χ0n) is 13.2. The summed E-state index contributed by atoms with van der Waals surface area (Å²) >= 11 is 1.70. The second-order valence-corrected chi connectivity index (χ2v) is 7.01. The van der Waals surface area contributed by atoms with Gasteiger partial charge in [0.25, 0.3) is 0 Å². The van der Waals surface area contributed by atoms with E-state index in [1.807, 2.05) is 5.51 Å². The molecular weight excluding hydrogens is 304 g/mol. The van der Waals surface area contributed by atoms with Crippen LogP contribution in [-0.4, -0.2) is 24.2 Å². The number of hydrogen-bond donors (Lipinski definition) is 0. The Bertz CT molecular complexity index is 788. The molecule has 4 heteroatoms. The number of fused-ring (bicyclic) bond motifs is 1. The number of aromatic nitrogens is 1. The van der Waals surface area contributed by atoms with Crippen molar-refractivity contribution in [1.82, 2.24) is 4.98 Å². The maximum absolute atomic E-state index is 6.11. The summed E-state index contributed by atoms with van der Waals surface area (Å²) in [7, 11) is 0. The quantitative estimate of drug-likeness (QED) is 0.701. The lowest BCUT2D eigenvalue weighted by atomic mass is 10.1. The van der Waals surface area contributed by atoms with E-state index in [0.29, 0.717) is 6.10 Å². The number of nitrogens with zero attached hydrogens (tertiary/aromatic N) is 2. The summed E-state index contributed by atoms with van der Waals surface area (Å²) in [5.74, 6) is 0.984. The Morgan fingerprint density at radius 1 is 1.09 bits per heavy atom. The molecule has 0 atom stereocenters. The topological polar surface area (TPSA) is 25.4 Å². The smallest absolute Gasteiger partial charge is 0.119 e. The van der Waals surface area contributed by atoms with E-state index in [9.17, 15) is 0 Å². The molecule has 0 amide bonds.